The zero-order chi connectivity index (χ0) is 19.0. The number of para-hydroxylation sites is 1. The highest BCUT2D eigenvalue weighted by molar-refractivity contribution is 7.80. The number of primary amides is 1. The Bertz CT molecular complexity index is 603. The Labute approximate surface area is 162 Å². The van der Waals surface area contributed by atoms with Crippen molar-refractivity contribution in [1.82, 2.24) is 20.2 Å². The third-order valence-electron chi connectivity index (χ3n) is 3.98. The fraction of sp³-hybridized carbons (Fsp3) is 0.579. The number of carbonyl (C=O) groups is 1. The minimum absolute atomic E-state index is 0.159. The van der Waals surface area contributed by atoms with E-state index < -0.39 is 0 Å². The summed E-state index contributed by atoms with van der Waals surface area (Å²) in [6.07, 6.45) is 12.1. The highest BCUT2D eigenvalue weighted by Crippen LogP contribution is 2.10. The minimum Gasteiger partial charge on any atom is -0.370 e. The molecule has 0 bridgehead atoms. The number of rotatable bonds is 11. The number of hydrogen-bond donors (Lipinski definition) is 2. The number of tetrazole rings is 1. The molecule has 0 aliphatic rings. The van der Waals surface area contributed by atoms with Gasteiger partial charge in [0.15, 0.2) is 0 Å². The van der Waals surface area contributed by atoms with Gasteiger partial charge < -0.3 is 5.73 Å². The first kappa shape index (κ1) is 22.2. The van der Waals surface area contributed by atoms with Crippen LogP contribution >= 0.6 is 12.6 Å². The first-order chi connectivity index (χ1) is 12.6. The maximum Gasteiger partial charge on any atom is 0.217 e. The Kier molecular flexibility index (Phi) is 12.2. The first-order valence-electron chi connectivity index (χ1n) is 9.46. The van der Waals surface area contributed by atoms with Crippen molar-refractivity contribution >= 4 is 18.5 Å². The van der Waals surface area contributed by atoms with Crippen molar-refractivity contribution in [3.05, 3.63) is 30.3 Å². The maximum absolute atomic E-state index is 10.4. The molecular weight excluding hydrogens is 346 g/mol. The second-order valence-electron chi connectivity index (χ2n) is 6.27. The van der Waals surface area contributed by atoms with Gasteiger partial charge in [0.05, 0.1) is 5.69 Å². The number of amides is 1. The molecule has 2 aromatic rings. The van der Waals surface area contributed by atoms with Crippen LogP contribution in [0.2, 0.25) is 0 Å². The van der Waals surface area contributed by atoms with Crippen LogP contribution in [0.4, 0.5) is 0 Å². The van der Waals surface area contributed by atoms with Gasteiger partial charge in [-0.3, -0.25) is 4.79 Å². The van der Waals surface area contributed by atoms with E-state index in [0.29, 0.717) is 11.6 Å². The lowest BCUT2D eigenvalue weighted by atomic mass is 10.1. The van der Waals surface area contributed by atoms with E-state index in [9.17, 15) is 4.79 Å². The summed E-state index contributed by atoms with van der Waals surface area (Å²) in [5, 5.41) is 11.4. The van der Waals surface area contributed by atoms with Crippen LogP contribution in [0.25, 0.3) is 5.69 Å². The molecule has 2 N–H and O–H groups in total. The van der Waals surface area contributed by atoms with Crippen molar-refractivity contribution in [2.24, 2.45) is 5.73 Å². The van der Waals surface area contributed by atoms with Gasteiger partial charge in [0.25, 0.3) is 0 Å². The van der Waals surface area contributed by atoms with Gasteiger partial charge in [-0.15, -0.1) is 17.7 Å². The van der Waals surface area contributed by atoms with Crippen LogP contribution in [0.1, 0.15) is 71.1 Å². The lowest BCUT2D eigenvalue weighted by Crippen LogP contribution is -2.09. The van der Waals surface area contributed by atoms with Gasteiger partial charge in [-0.2, -0.15) is 4.68 Å². The molecule has 0 unspecified atom stereocenters. The zero-order valence-corrected chi connectivity index (χ0v) is 16.6. The highest BCUT2D eigenvalue weighted by Gasteiger charge is 2.01. The highest BCUT2D eigenvalue weighted by atomic mass is 32.1. The average Bonchev–Trinajstić information content (AvgIpc) is 3.07. The molecule has 0 atom stereocenters. The molecule has 2 rings (SSSR count). The van der Waals surface area contributed by atoms with Gasteiger partial charge in [0.1, 0.15) is 0 Å². The fourth-order valence-corrected chi connectivity index (χ4v) is 2.72. The van der Waals surface area contributed by atoms with Crippen molar-refractivity contribution in [3.8, 4) is 5.69 Å². The topological polar surface area (TPSA) is 86.7 Å². The van der Waals surface area contributed by atoms with E-state index in [2.05, 4.69) is 35.1 Å². The molecule has 0 radical (unpaired) electrons. The van der Waals surface area contributed by atoms with Crippen LogP contribution in [-0.4, -0.2) is 26.1 Å². The standard InChI is InChI=1S/C12H25NO.C7H6N4S/c1-2-3-4-5-6-7-8-9-10-11-12(13)14;12-7-8-9-10-11(7)6-4-2-1-3-5-6/h2-11H2,1H3,(H2,13,14);1-5H,(H,8,10,12). The Balaban J connectivity index is 0.000000262. The summed E-state index contributed by atoms with van der Waals surface area (Å²) < 4.78 is 1.56. The Morgan fingerprint density at radius 1 is 1.00 bits per heavy atom. The smallest absolute Gasteiger partial charge is 0.217 e. The molecule has 7 heteroatoms. The number of thiol groups is 1. The van der Waals surface area contributed by atoms with Crippen LogP contribution in [-0.2, 0) is 4.79 Å². The van der Waals surface area contributed by atoms with Gasteiger partial charge in [-0.1, -0.05) is 76.5 Å². The molecule has 0 saturated carbocycles. The summed E-state index contributed by atoms with van der Waals surface area (Å²) in [6, 6.07) is 9.60. The first-order valence-corrected chi connectivity index (χ1v) is 9.91. The molecule has 144 valence electrons. The van der Waals surface area contributed by atoms with Crippen molar-refractivity contribution in [3.63, 3.8) is 0 Å². The van der Waals surface area contributed by atoms with Crippen molar-refractivity contribution in [2.75, 3.05) is 0 Å². The van der Waals surface area contributed by atoms with E-state index in [0.717, 1.165) is 18.5 Å². The van der Waals surface area contributed by atoms with Crippen molar-refractivity contribution < 1.29 is 4.79 Å². The maximum atomic E-state index is 10.4. The lowest BCUT2D eigenvalue weighted by molar-refractivity contribution is -0.118. The summed E-state index contributed by atoms with van der Waals surface area (Å²) in [5.74, 6) is -0.159. The van der Waals surface area contributed by atoms with Gasteiger partial charge in [-0.25, -0.2) is 0 Å². The van der Waals surface area contributed by atoms with E-state index in [1.54, 1.807) is 4.68 Å². The predicted molar refractivity (Wildman–Crippen MR) is 107 cm³/mol. The second-order valence-corrected chi connectivity index (χ2v) is 6.67. The lowest BCUT2D eigenvalue weighted by Gasteiger charge is -2.00. The molecule has 1 heterocycles. The second kappa shape index (κ2) is 14.3. The minimum atomic E-state index is -0.159. The van der Waals surface area contributed by atoms with Gasteiger partial charge in [0, 0.05) is 6.42 Å². The van der Waals surface area contributed by atoms with Crippen molar-refractivity contribution in [2.45, 2.75) is 76.3 Å². The molecule has 26 heavy (non-hydrogen) atoms. The number of nitrogens with two attached hydrogens (primary N) is 1. The third kappa shape index (κ3) is 10.2. The molecule has 0 saturated heterocycles. The van der Waals surface area contributed by atoms with Crippen molar-refractivity contribution in [1.29, 1.82) is 0 Å². The molecule has 0 spiro atoms. The molecule has 0 aliphatic carbocycles. The van der Waals surface area contributed by atoms with E-state index >= 15 is 0 Å². The summed E-state index contributed by atoms with van der Waals surface area (Å²) in [7, 11) is 0. The SMILES string of the molecule is CCCCCCCCCCCC(N)=O.Sc1nnnn1-c1ccccc1. The summed E-state index contributed by atoms with van der Waals surface area (Å²) in [4.78, 5) is 10.4. The Hall–Kier alpha value is -1.89. The number of benzene rings is 1. The van der Waals surface area contributed by atoms with E-state index in [-0.39, 0.29) is 5.91 Å². The van der Waals surface area contributed by atoms with Gasteiger partial charge in [0.2, 0.25) is 11.1 Å². The molecule has 1 aromatic heterocycles. The zero-order valence-electron chi connectivity index (χ0n) is 15.7. The normalized spacial score (nSPS) is 10.2. The molecule has 0 fully saturated rings. The summed E-state index contributed by atoms with van der Waals surface area (Å²) in [5.41, 5.74) is 5.96. The molecule has 1 amide bonds. The summed E-state index contributed by atoms with van der Waals surface area (Å²) in [6.45, 7) is 2.24. The van der Waals surface area contributed by atoms with Crippen LogP contribution in [0, 0.1) is 0 Å². The van der Waals surface area contributed by atoms with Crippen LogP contribution in [0.15, 0.2) is 35.5 Å². The predicted octanol–water partition coefficient (Wildman–Crippen LogP) is 4.34. The molecule has 0 aliphatic heterocycles. The quantitative estimate of drug-likeness (QED) is 0.450. The van der Waals surface area contributed by atoms with Crippen LogP contribution in [0.3, 0.4) is 0 Å². The number of nitrogens with zero attached hydrogens (tertiary/aromatic N) is 4. The van der Waals surface area contributed by atoms with Crippen LogP contribution in [0.5, 0.6) is 0 Å². The average molecular weight is 378 g/mol. The number of unbranched alkanes of at least 4 members (excludes halogenated alkanes) is 8. The largest absolute Gasteiger partial charge is 0.370 e. The Morgan fingerprint density at radius 3 is 2.08 bits per heavy atom. The monoisotopic (exact) mass is 377 g/mol. The van der Waals surface area contributed by atoms with Crippen LogP contribution < -0.4 is 5.73 Å². The van der Waals surface area contributed by atoms with E-state index in [1.165, 1.54) is 44.9 Å². The molecule has 1 aromatic carbocycles. The van der Waals surface area contributed by atoms with Gasteiger partial charge >= 0.3 is 0 Å². The number of aromatic nitrogens is 4. The van der Waals surface area contributed by atoms with Gasteiger partial charge in [-0.05, 0) is 29.0 Å². The molecular formula is C19H31N5OS. The third-order valence-corrected chi connectivity index (χ3v) is 4.26. The van der Waals surface area contributed by atoms with E-state index in [1.807, 2.05) is 30.3 Å². The number of hydrogen-bond acceptors (Lipinski definition) is 5. The molecule has 6 nitrogen and oxygen atoms in total. The summed E-state index contributed by atoms with van der Waals surface area (Å²) >= 11 is 4.09. The number of carbonyl (C=O) groups excluding carboxylic acids is 1. The van der Waals surface area contributed by atoms with E-state index in [4.69, 9.17) is 5.73 Å². The Morgan fingerprint density at radius 2 is 1.58 bits per heavy atom. The fourth-order valence-electron chi connectivity index (χ4n) is 2.53.